The molecule has 0 saturated carbocycles. The van der Waals surface area contributed by atoms with Crippen LogP contribution in [0.3, 0.4) is 0 Å². The number of aromatic nitrogens is 4. The highest BCUT2D eigenvalue weighted by Gasteiger charge is 2.43. The highest BCUT2D eigenvalue weighted by atomic mass is 19.4. The van der Waals surface area contributed by atoms with Gasteiger partial charge in [-0.15, -0.1) is 5.10 Å². The Balaban J connectivity index is 1.37. The summed E-state index contributed by atoms with van der Waals surface area (Å²) in [7, 11) is 1.55. The van der Waals surface area contributed by atoms with Gasteiger partial charge < -0.3 is 9.64 Å². The number of halogens is 3. The van der Waals surface area contributed by atoms with Gasteiger partial charge in [0.15, 0.2) is 0 Å². The number of piperazine rings is 2. The largest absolute Gasteiger partial charge is 0.496 e. The van der Waals surface area contributed by atoms with Crippen LogP contribution in [0.1, 0.15) is 42.3 Å². The molecule has 2 fully saturated rings. The molecule has 9 nitrogen and oxygen atoms in total. The average molecular weight is 634 g/mol. The lowest BCUT2D eigenvalue weighted by molar-refractivity contribution is -0.146. The Morgan fingerprint density at radius 2 is 1.61 bits per heavy atom. The van der Waals surface area contributed by atoms with Gasteiger partial charge in [-0.25, -0.2) is 0 Å². The van der Waals surface area contributed by atoms with Crippen molar-refractivity contribution in [3.05, 3.63) is 101 Å². The molecule has 242 valence electrons. The Morgan fingerprint density at radius 1 is 0.935 bits per heavy atom. The van der Waals surface area contributed by atoms with E-state index in [2.05, 4.69) is 73.9 Å². The van der Waals surface area contributed by atoms with Crippen LogP contribution in [0.25, 0.3) is 5.69 Å². The van der Waals surface area contributed by atoms with Crippen LogP contribution in [0.5, 0.6) is 5.75 Å². The summed E-state index contributed by atoms with van der Waals surface area (Å²) in [6, 6.07) is 25.9. The van der Waals surface area contributed by atoms with Crippen molar-refractivity contribution < 1.29 is 22.7 Å². The smallest absolute Gasteiger partial charge is 0.453 e. The van der Waals surface area contributed by atoms with Crippen molar-refractivity contribution in [1.82, 2.24) is 34.9 Å². The van der Waals surface area contributed by atoms with Crippen LogP contribution in [0.15, 0.2) is 78.9 Å². The van der Waals surface area contributed by atoms with E-state index in [1.165, 1.54) is 17.2 Å². The number of methoxy groups -OCH3 is 1. The molecule has 3 aromatic carbocycles. The summed E-state index contributed by atoms with van der Waals surface area (Å²) in [5.41, 5.74) is 3.33. The monoisotopic (exact) mass is 633 g/mol. The van der Waals surface area contributed by atoms with Crippen molar-refractivity contribution in [2.24, 2.45) is 5.92 Å². The van der Waals surface area contributed by atoms with Gasteiger partial charge in [-0.2, -0.15) is 17.9 Å². The molecule has 1 aromatic heterocycles. The number of benzene rings is 3. The van der Waals surface area contributed by atoms with Crippen LogP contribution in [0.2, 0.25) is 0 Å². The number of carbonyl (C=O) groups excluding carboxylic acids is 1. The van der Waals surface area contributed by atoms with Gasteiger partial charge in [0.1, 0.15) is 5.75 Å². The first-order chi connectivity index (χ1) is 22.1. The van der Waals surface area contributed by atoms with Crippen molar-refractivity contribution >= 4 is 5.91 Å². The van der Waals surface area contributed by atoms with Crippen LogP contribution in [0, 0.1) is 5.92 Å². The quantitative estimate of drug-likeness (QED) is 0.274. The van der Waals surface area contributed by atoms with Crippen LogP contribution in [0.4, 0.5) is 13.2 Å². The van der Waals surface area contributed by atoms with E-state index in [0.29, 0.717) is 43.2 Å². The maximum atomic E-state index is 13.7. The fourth-order valence-corrected chi connectivity index (χ4v) is 6.96. The number of ether oxygens (including phenoxy) is 1. The zero-order valence-electron chi connectivity index (χ0n) is 26.1. The first-order valence-corrected chi connectivity index (χ1v) is 15.5. The first kappa shape index (κ1) is 31.7. The number of alkyl halides is 3. The van der Waals surface area contributed by atoms with Gasteiger partial charge in [0.2, 0.25) is 5.91 Å². The summed E-state index contributed by atoms with van der Waals surface area (Å²) in [4.78, 5) is 20.0. The van der Waals surface area contributed by atoms with Gasteiger partial charge in [-0.3, -0.25) is 14.6 Å². The SMILES string of the molecule is COc1ccc(-n2nnnc2C(F)(F)F)cc1CN1C[C@@H]2CN(C(=O)C(C)C)CCN2[C@H](C(c2ccccc2)c2ccccc2)C1. The van der Waals surface area contributed by atoms with E-state index in [0.717, 1.165) is 12.1 Å². The van der Waals surface area contributed by atoms with Gasteiger partial charge in [-0.05, 0) is 39.8 Å². The molecule has 0 spiro atoms. The summed E-state index contributed by atoms with van der Waals surface area (Å²) in [5, 5.41) is 10.1. The summed E-state index contributed by atoms with van der Waals surface area (Å²) >= 11 is 0. The van der Waals surface area contributed by atoms with Crippen molar-refractivity contribution in [3.8, 4) is 11.4 Å². The maximum absolute atomic E-state index is 13.7. The van der Waals surface area contributed by atoms with Gasteiger partial charge >= 0.3 is 6.18 Å². The molecule has 0 radical (unpaired) electrons. The highest BCUT2D eigenvalue weighted by molar-refractivity contribution is 5.78. The lowest BCUT2D eigenvalue weighted by Gasteiger charge is -2.53. The first-order valence-electron chi connectivity index (χ1n) is 15.5. The van der Waals surface area contributed by atoms with Crippen LogP contribution in [-0.4, -0.2) is 92.7 Å². The van der Waals surface area contributed by atoms with Gasteiger partial charge in [0.25, 0.3) is 5.82 Å². The molecular weight excluding hydrogens is 595 g/mol. The molecule has 12 heteroatoms. The van der Waals surface area contributed by atoms with E-state index >= 15 is 0 Å². The van der Waals surface area contributed by atoms with Crippen LogP contribution >= 0.6 is 0 Å². The Hall–Kier alpha value is -4.29. The number of hydrogen-bond acceptors (Lipinski definition) is 7. The fraction of sp³-hybridized carbons (Fsp3) is 0.412. The van der Waals surface area contributed by atoms with Crippen LogP contribution in [-0.2, 0) is 17.5 Å². The molecule has 2 atom stereocenters. The van der Waals surface area contributed by atoms with Crippen LogP contribution < -0.4 is 4.74 Å². The second-order valence-electron chi connectivity index (χ2n) is 12.3. The molecule has 6 rings (SSSR count). The second kappa shape index (κ2) is 13.2. The summed E-state index contributed by atoms with van der Waals surface area (Å²) in [6.45, 7) is 7.71. The van der Waals surface area contributed by atoms with E-state index in [1.54, 1.807) is 19.2 Å². The number of carbonyl (C=O) groups is 1. The predicted molar refractivity (Wildman–Crippen MR) is 166 cm³/mol. The standard InChI is InChI=1S/C34H38F3N7O2/c1-23(2)32(45)42-16-17-43-28(21-42)20-41(22-29(43)31(24-10-6-4-7-11-24)25-12-8-5-9-13-25)19-26-18-27(14-15-30(26)46-3)44-33(34(35,36)37)38-39-40-44/h4-15,18,23,28-29,31H,16-17,19-22H2,1-3H3/t28-,29+/m1/s1. The van der Waals surface area contributed by atoms with Gasteiger partial charge in [-0.1, -0.05) is 74.5 Å². The number of tetrazole rings is 1. The number of hydrogen-bond donors (Lipinski definition) is 0. The summed E-state index contributed by atoms with van der Waals surface area (Å²) < 4.78 is 47.3. The molecule has 4 aromatic rings. The van der Waals surface area contributed by atoms with E-state index < -0.39 is 12.0 Å². The minimum Gasteiger partial charge on any atom is -0.496 e. The number of amides is 1. The molecule has 46 heavy (non-hydrogen) atoms. The van der Waals surface area contributed by atoms with E-state index in [9.17, 15) is 18.0 Å². The van der Waals surface area contributed by atoms with E-state index in [-0.39, 0.29) is 35.5 Å². The molecule has 3 heterocycles. The zero-order chi connectivity index (χ0) is 32.4. The molecule has 2 aliphatic rings. The second-order valence-corrected chi connectivity index (χ2v) is 12.3. The molecule has 0 unspecified atom stereocenters. The Labute approximate surface area is 266 Å². The molecule has 1 amide bonds. The topological polar surface area (TPSA) is 79.6 Å². The third-order valence-corrected chi connectivity index (χ3v) is 9.00. The number of rotatable bonds is 8. The third kappa shape index (κ3) is 6.50. The lowest BCUT2D eigenvalue weighted by atomic mass is 9.81. The van der Waals surface area contributed by atoms with Crippen molar-refractivity contribution in [2.45, 2.75) is 44.6 Å². The molecule has 2 saturated heterocycles. The van der Waals surface area contributed by atoms with Crippen molar-refractivity contribution in [3.63, 3.8) is 0 Å². The van der Waals surface area contributed by atoms with Crippen molar-refractivity contribution in [2.75, 3.05) is 39.8 Å². The predicted octanol–water partition coefficient (Wildman–Crippen LogP) is 4.87. The summed E-state index contributed by atoms with van der Waals surface area (Å²) in [5.74, 6) is -0.519. The highest BCUT2D eigenvalue weighted by Crippen LogP contribution is 2.37. The average Bonchev–Trinajstić information content (AvgIpc) is 3.57. The van der Waals surface area contributed by atoms with Crippen molar-refractivity contribution in [1.29, 1.82) is 0 Å². The molecular formula is C34H38F3N7O2. The van der Waals surface area contributed by atoms with E-state index in [4.69, 9.17) is 4.74 Å². The Bertz CT molecular complexity index is 1590. The normalized spacial score (nSPS) is 19.4. The fourth-order valence-electron chi connectivity index (χ4n) is 6.96. The molecule has 0 N–H and O–H groups in total. The third-order valence-electron chi connectivity index (χ3n) is 9.00. The van der Waals surface area contributed by atoms with E-state index in [1.807, 2.05) is 30.9 Å². The number of nitrogens with zero attached hydrogens (tertiary/aromatic N) is 7. The van der Waals surface area contributed by atoms with Gasteiger partial charge in [0.05, 0.1) is 12.8 Å². The minimum atomic E-state index is -4.71. The Kier molecular flexibility index (Phi) is 9.10. The maximum Gasteiger partial charge on any atom is 0.453 e. The zero-order valence-corrected chi connectivity index (χ0v) is 26.1. The molecule has 0 bridgehead atoms. The molecule has 2 aliphatic heterocycles. The lowest BCUT2D eigenvalue weighted by Crippen LogP contribution is -2.67. The number of fused-ring (bicyclic) bond motifs is 1. The minimum absolute atomic E-state index is 0.0591. The molecule has 0 aliphatic carbocycles. The summed E-state index contributed by atoms with van der Waals surface area (Å²) in [6.07, 6.45) is -4.71. The van der Waals surface area contributed by atoms with Gasteiger partial charge in [0, 0.05) is 68.8 Å². The Morgan fingerprint density at radius 3 is 2.22 bits per heavy atom.